The number of hydrogen-bond donors (Lipinski definition) is 1. The van der Waals surface area contributed by atoms with Crippen LogP contribution in [0.3, 0.4) is 0 Å². The van der Waals surface area contributed by atoms with Crippen molar-refractivity contribution in [3.8, 4) is 0 Å². The van der Waals surface area contributed by atoms with Crippen molar-refractivity contribution in [2.45, 2.75) is 43.7 Å². The van der Waals surface area contributed by atoms with E-state index in [1.54, 1.807) is 42.5 Å². The van der Waals surface area contributed by atoms with Gasteiger partial charge in [0.2, 0.25) is 11.8 Å². The maximum absolute atomic E-state index is 14.5. The summed E-state index contributed by atoms with van der Waals surface area (Å²) >= 11 is 6.51. The van der Waals surface area contributed by atoms with E-state index < -0.39 is 33.4 Å². The molecule has 2 amide bonds. The lowest BCUT2D eigenvalue weighted by Crippen LogP contribution is -2.53. The number of sulfonamides is 1. The molecular weight excluding hydrogens is 628 g/mol. The summed E-state index contributed by atoms with van der Waals surface area (Å²) in [6.45, 7) is 1.65. The van der Waals surface area contributed by atoms with Crippen LogP contribution < -0.4 is 9.62 Å². The Morgan fingerprint density at radius 2 is 1.50 bits per heavy atom. The van der Waals surface area contributed by atoms with Gasteiger partial charge in [0.15, 0.2) is 0 Å². The lowest BCUT2D eigenvalue weighted by molar-refractivity contribution is -0.384. The molecule has 10 nitrogen and oxygen atoms in total. The molecule has 0 fully saturated rings. The van der Waals surface area contributed by atoms with E-state index in [0.717, 1.165) is 22.7 Å². The molecule has 0 radical (unpaired) electrons. The summed E-state index contributed by atoms with van der Waals surface area (Å²) in [5.41, 5.74) is 1.19. The minimum absolute atomic E-state index is 0.0486. The molecule has 0 saturated carbocycles. The number of carbonyl (C=O) groups is 2. The fourth-order valence-corrected chi connectivity index (χ4v) is 6.49. The summed E-state index contributed by atoms with van der Waals surface area (Å²) in [7, 11) is -4.33. The third-order valence-corrected chi connectivity index (χ3v) is 9.51. The van der Waals surface area contributed by atoms with Crippen LogP contribution in [0, 0.1) is 10.1 Å². The highest BCUT2D eigenvalue weighted by Crippen LogP contribution is 2.27. The molecule has 0 bridgehead atoms. The zero-order chi connectivity index (χ0) is 33.1. The Kier molecular flexibility index (Phi) is 11.9. The molecule has 1 unspecified atom stereocenters. The van der Waals surface area contributed by atoms with Gasteiger partial charge in [0.25, 0.3) is 15.7 Å². The summed E-state index contributed by atoms with van der Waals surface area (Å²) in [5.74, 6) is -1.05. The molecule has 0 aliphatic rings. The van der Waals surface area contributed by atoms with Gasteiger partial charge in [0.05, 0.1) is 15.5 Å². The predicted octanol–water partition coefficient (Wildman–Crippen LogP) is 6.00. The predicted molar refractivity (Wildman–Crippen MR) is 178 cm³/mol. The van der Waals surface area contributed by atoms with Gasteiger partial charge in [-0.3, -0.25) is 24.0 Å². The number of amides is 2. The Morgan fingerprint density at radius 3 is 2.11 bits per heavy atom. The van der Waals surface area contributed by atoms with E-state index in [1.807, 2.05) is 37.3 Å². The topological polar surface area (TPSA) is 130 Å². The van der Waals surface area contributed by atoms with Crippen molar-refractivity contribution in [2.24, 2.45) is 0 Å². The second kappa shape index (κ2) is 16.0. The highest BCUT2D eigenvalue weighted by molar-refractivity contribution is 7.92. The number of nitrogens with zero attached hydrogens (tertiary/aromatic N) is 3. The van der Waals surface area contributed by atoms with Crippen molar-refractivity contribution in [3.05, 3.63) is 135 Å². The molecular formula is C34H35ClN4O6S. The first-order chi connectivity index (χ1) is 22.1. The van der Waals surface area contributed by atoms with E-state index in [4.69, 9.17) is 11.6 Å². The van der Waals surface area contributed by atoms with Crippen molar-refractivity contribution >= 4 is 44.8 Å². The molecule has 4 rings (SSSR count). The second-order valence-corrected chi connectivity index (χ2v) is 12.8. The van der Waals surface area contributed by atoms with Crippen LogP contribution in [0.15, 0.2) is 114 Å². The van der Waals surface area contributed by atoms with Gasteiger partial charge >= 0.3 is 0 Å². The van der Waals surface area contributed by atoms with E-state index in [9.17, 15) is 28.1 Å². The minimum atomic E-state index is -4.33. The van der Waals surface area contributed by atoms with Crippen molar-refractivity contribution in [3.63, 3.8) is 0 Å². The van der Waals surface area contributed by atoms with Gasteiger partial charge in [0.1, 0.15) is 12.6 Å². The largest absolute Gasteiger partial charge is 0.354 e. The SMILES string of the molecule is CCCCNC(=O)C(Cc1ccccc1)N(Cc1ccccc1Cl)C(=O)CN(c1ccc([N+](=O)[O-])cc1)S(=O)(=O)c1ccccc1. The summed E-state index contributed by atoms with van der Waals surface area (Å²) in [6.07, 6.45) is 1.76. The number of anilines is 1. The highest BCUT2D eigenvalue weighted by Gasteiger charge is 2.35. The Morgan fingerprint density at radius 1 is 0.891 bits per heavy atom. The molecule has 0 spiro atoms. The van der Waals surface area contributed by atoms with Gasteiger partial charge < -0.3 is 10.2 Å². The molecule has 46 heavy (non-hydrogen) atoms. The van der Waals surface area contributed by atoms with Crippen LogP contribution >= 0.6 is 11.6 Å². The monoisotopic (exact) mass is 662 g/mol. The van der Waals surface area contributed by atoms with Crippen LogP contribution in [-0.2, 0) is 32.6 Å². The number of nitro benzene ring substituents is 1. The molecule has 0 aliphatic heterocycles. The summed E-state index contributed by atoms with van der Waals surface area (Å²) in [6, 6.07) is 27.7. The Bertz CT molecular complexity index is 1740. The summed E-state index contributed by atoms with van der Waals surface area (Å²) in [5, 5.41) is 14.6. The lowest BCUT2D eigenvalue weighted by Gasteiger charge is -2.34. The number of rotatable bonds is 15. The van der Waals surface area contributed by atoms with Gasteiger partial charge in [0, 0.05) is 36.7 Å². The number of nitro groups is 1. The molecule has 4 aromatic carbocycles. The van der Waals surface area contributed by atoms with Gasteiger partial charge in [-0.25, -0.2) is 8.42 Å². The number of hydrogen-bond acceptors (Lipinski definition) is 6. The average molecular weight is 663 g/mol. The normalized spacial score (nSPS) is 11.8. The molecule has 240 valence electrons. The van der Waals surface area contributed by atoms with Crippen molar-refractivity contribution in [1.82, 2.24) is 10.2 Å². The smallest absolute Gasteiger partial charge is 0.269 e. The maximum atomic E-state index is 14.5. The van der Waals surface area contributed by atoms with Crippen LogP contribution in [-0.4, -0.2) is 49.2 Å². The number of nitrogens with one attached hydrogen (secondary N) is 1. The first-order valence-electron chi connectivity index (χ1n) is 14.8. The molecule has 0 aliphatic carbocycles. The fraction of sp³-hybridized carbons (Fsp3) is 0.235. The molecule has 0 aromatic heterocycles. The van der Waals surface area contributed by atoms with Gasteiger partial charge in [-0.05, 0) is 47.9 Å². The molecule has 0 saturated heterocycles. The third-order valence-electron chi connectivity index (χ3n) is 7.36. The van der Waals surface area contributed by atoms with E-state index in [0.29, 0.717) is 17.1 Å². The highest BCUT2D eigenvalue weighted by atomic mass is 35.5. The molecule has 1 N–H and O–H groups in total. The van der Waals surface area contributed by atoms with Crippen LogP contribution in [0.1, 0.15) is 30.9 Å². The zero-order valence-corrected chi connectivity index (χ0v) is 26.9. The number of non-ortho nitro benzene ring substituents is 1. The van der Waals surface area contributed by atoms with Crippen molar-refractivity contribution < 1.29 is 22.9 Å². The van der Waals surface area contributed by atoms with Crippen LogP contribution in [0.5, 0.6) is 0 Å². The Balaban J connectivity index is 1.80. The summed E-state index contributed by atoms with van der Waals surface area (Å²) < 4.78 is 28.9. The first-order valence-corrected chi connectivity index (χ1v) is 16.6. The first kappa shape index (κ1) is 34.1. The van der Waals surface area contributed by atoms with E-state index in [1.165, 1.54) is 41.3 Å². The van der Waals surface area contributed by atoms with Crippen molar-refractivity contribution in [2.75, 3.05) is 17.4 Å². The molecule has 12 heteroatoms. The maximum Gasteiger partial charge on any atom is 0.269 e. The van der Waals surface area contributed by atoms with Gasteiger partial charge in [-0.15, -0.1) is 0 Å². The quantitative estimate of drug-likeness (QED) is 0.0944. The van der Waals surface area contributed by atoms with E-state index >= 15 is 0 Å². The van der Waals surface area contributed by atoms with Gasteiger partial charge in [-0.1, -0.05) is 91.7 Å². The van der Waals surface area contributed by atoms with Crippen LogP contribution in [0.2, 0.25) is 5.02 Å². The fourth-order valence-electron chi connectivity index (χ4n) is 4.86. The Labute approximate surface area is 273 Å². The van der Waals surface area contributed by atoms with Gasteiger partial charge in [-0.2, -0.15) is 0 Å². The van der Waals surface area contributed by atoms with E-state index in [-0.39, 0.29) is 35.1 Å². The standard InChI is InChI=1S/C34H35ClN4O6S/c1-2-3-22-36-34(41)32(23-26-12-6-4-7-13-26)37(24-27-14-10-11-17-31(27)35)33(40)25-38(28-18-20-29(21-19-28)39(42)43)46(44,45)30-15-8-5-9-16-30/h4-21,32H,2-3,22-25H2,1H3,(H,36,41). The molecule has 1 atom stereocenters. The number of benzene rings is 4. The van der Waals surface area contributed by atoms with Crippen LogP contribution in [0.25, 0.3) is 0 Å². The number of carbonyl (C=O) groups excluding carboxylic acids is 2. The zero-order valence-electron chi connectivity index (χ0n) is 25.3. The summed E-state index contributed by atoms with van der Waals surface area (Å²) in [4.78, 5) is 40.2. The molecule has 0 heterocycles. The second-order valence-electron chi connectivity index (χ2n) is 10.6. The third kappa shape index (κ3) is 8.70. The lowest BCUT2D eigenvalue weighted by atomic mass is 10.0. The number of halogens is 1. The van der Waals surface area contributed by atoms with E-state index in [2.05, 4.69) is 5.32 Å². The Hall–Kier alpha value is -4.74. The number of unbranched alkanes of at least 4 members (excludes halogenated alkanes) is 1. The minimum Gasteiger partial charge on any atom is -0.354 e. The average Bonchev–Trinajstić information content (AvgIpc) is 3.06. The molecule has 4 aromatic rings. The van der Waals surface area contributed by atoms with Crippen molar-refractivity contribution in [1.29, 1.82) is 0 Å². The van der Waals surface area contributed by atoms with Crippen LogP contribution in [0.4, 0.5) is 11.4 Å².